The van der Waals surface area contributed by atoms with Crippen LogP contribution >= 0.6 is 0 Å². The Bertz CT molecular complexity index is 438. The lowest BCUT2D eigenvalue weighted by molar-refractivity contribution is -0.0945. The summed E-state index contributed by atoms with van der Waals surface area (Å²) < 4.78 is 6.49. The lowest BCUT2D eigenvalue weighted by Gasteiger charge is -2.40. The van der Waals surface area contributed by atoms with Gasteiger partial charge in [0.15, 0.2) is 0 Å². The van der Waals surface area contributed by atoms with Crippen molar-refractivity contribution in [1.82, 2.24) is 0 Å². The number of allylic oxidation sites excluding steroid dienone is 8. The zero-order valence-corrected chi connectivity index (χ0v) is 12.2. The van der Waals surface area contributed by atoms with E-state index in [1.807, 2.05) is 0 Å². The average molecular weight is 278 g/mol. The van der Waals surface area contributed by atoms with Gasteiger partial charge in [-0.25, -0.2) is 0 Å². The molecule has 0 N–H and O–H groups in total. The topological polar surface area (TPSA) is 9.23 Å². The van der Waals surface area contributed by atoms with Crippen LogP contribution in [0.15, 0.2) is 72.9 Å². The lowest BCUT2D eigenvalue weighted by atomic mass is 9.77. The summed E-state index contributed by atoms with van der Waals surface area (Å²) in [4.78, 5) is 0. The third-order valence-corrected chi connectivity index (χ3v) is 5.16. The van der Waals surface area contributed by atoms with Crippen LogP contribution < -0.4 is 0 Å². The van der Waals surface area contributed by atoms with Crippen molar-refractivity contribution in [2.24, 2.45) is 23.7 Å². The van der Waals surface area contributed by atoms with Crippen molar-refractivity contribution in [2.45, 2.75) is 25.0 Å². The van der Waals surface area contributed by atoms with Crippen molar-refractivity contribution in [3.8, 4) is 0 Å². The Balaban J connectivity index is 1.54. The third kappa shape index (κ3) is 2.63. The average Bonchev–Trinajstić information content (AvgIpc) is 3.29. The number of hydrogen-bond donors (Lipinski definition) is 0. The van der Waals surface area contributed by atoms with Gasteiger partial charge in [0.25, 0.3) is 0 Å². The highest BCUT2D eigenvalue weighted by molar-refractivity contribution is 5.24. The first-order chi connectivity index (χ1) is 10.4. The molecule has 1 aliphatic heterocycles. The fourth-order valence-electron chi connectivity index (χ4n) is 4.00. The predicted molar refractivity (Wildman–Crippen MR) is 86.7 cm³/mol. The minimum Gasteiger partial charge on any atom is -0.373 e. The highest BCUT2D eigenvalue weighted by Crippen LogP contribution is 2.40. The standard InChI is InChI=1S/C20H22O/c1-2-8-15(7-1)18-13-19(16-9-3-4-10-16)21-20(14-18)17-11-5-6-12-17/h1-12,15-20H,13-14H2/t19-,20-/m0/s1. The molecule has 1 fully saturated rings. The molecule has 21 heavy (non-hydrogen) atoms. The number of hydrogen-bond acceptors (Lipinski definition) is 1. The molecular weight excluding hydrogens is 256 g/mol. The first-order valence-corrected chi connectivity index (χ1v) is 8.10. The molecule has 0 amide bonds. The van der Waals surface area contributed by atoms with Crippen LogP contribution in [0.25, 0.3) is 0 Å². The Morgan fingerprint density at radius 1 is 0.524 bits per heavy atom. The molecule has 0 saturated carbocycles. The van der Waals surface area contributed by atoms with Crippen LogP contribution in [0, 0.1) is 23.7 Å². The normalized spacial score (nSPS) is 35.7. The summed E-state index contributed by atoms with van der Waals surface area (Å²) in [5.74, 6) is 2.22. The van der Waals surface area contributed by atoms with E-state index in [2.05, 4.69) is 72.9 Å². The molecule has 1 saturated heterocycles. The highest BCUT2D eigenvalue weighted by Gasteiger charge is 2.37. The van der Waals surface area contributed by atoms with E-state index in [0.717, 1.165) is 12.8 Å². The number of rotatable bonds is 3. The third-order valence-electron chi connectivity index (χ3n) is 5.16. The maximum Gasteiger partial charge on any atom is 0.0679 e. The molecule has 0 aromatic rings. The van der Waals surface area contributed by atoms with Crippen LogP contribution in [0.4, 0.5) is 0 Å². The summed E-state index contributed by atoms with van der Waals surface area (Å²) in [6, 6.07) is 0. The van der Waals surface area contributed by atoms with Crippen molar-refractivity contribution in [1.29, 1.82) is 0 Å². The van der Waals surface area contributed by atoms with Crippen LogP contribution in [0.5, 0.6) is 0 Å². The minimum atomic E-state index is 0.327. The molecule has 2 atom stereocenters. The second kappa shape index (κ2) is 5.65. The van der Waals surface area contributed by atoms with E-state index in [1.165, 1.54) is 0 Å². The molecule has 1 nitrogen and oxygen atoms in total. The van der Waals surface area contributed by atoms with Gasteiger partial charge >= 0.3 is 0 Å². The first kappa shape index (κ1) is 13.1. The van der Waals surface area contributed by atoms with Crippen molar-refractivity contribution in [3.05, 3.63) is 72.9 Å². The van der Waals surface area contributed by atoms with E-state index in [9.17, 15) is 0 Å². The lowest BCUT2D eigenvalue weighted by Crippen LogP contribution is -2.40. The molecule has 0 aromatic carbocycles. The smallest absolute Gasteiger partial charge is 0.0679 e. The Morgan fingerprint density at radius 2 is 0.905 bits per heavy atom. The molecule has 1 heteroatoms. The Kier molecular flexibility index (Phi) is 3.52. The summed E-state index contributed by atoms with van der Waals surface area (Å²) >= 11 is 0. The number of ether oxygens (including phenoxy) is 1. The Morgan fingerprint density at radius 3 is 1.33 bits per heavy atom. The van der Waals surface area contributed by atoms with Gasteiger partial charge in [0, 0.05) is 11.8 Å². The second-order valence-electron chi connectivity index (χ2n) is 6.49. The molecular formula is C20H22O. The van der Waals surface area contributed by atoms with Crippen LogP contribution in [0.3, 0.4) is 0 Å². The monoisotopic (exact) mass is 278 g/mol. The summed E-state index contributed by atoms with van der Waals surface area (Å²) in [6.45, 7) is 0. The highest BCUT2D eigenvalue weighted by atomic mass is 16.5. The summed E-state index contributed by atoms with van der Waals surface area (Å²) in [5, 5.41) is 0. The van der Waals surface area contributed by atoms with Crippen molar-refractivity contribution in [2.75, 3.05) is 0 Å². The van der Waals surface area contributed by atoms with Crippen LogP contribution in [-0.2, 0) is 4.74 Å². The molecule has 0 radical (unpaired) electrons. The van der Waals surface area contributed by atoms with E-state index >= 15 is 0 Å². The van der Waals surface area contributed by atoms with Gasteiger partial charge in [-0.15, -0.1) is 0 Å². The zero-order valence-electron chi connectivity index (χ0n) is 12.2. The second-order valence-corrected chi connectivity index (χ2v) is 6.49. The van der Waals surface area contributed by atoms with Gasteiger partial charge in [0.05, 0.1) is 12.2 Å². The quantitative estimate of drug-likeness (QED) is 0.744. The van der Waals surface area contributed by atoms with Crippen LogP contribution in [0.1, 0.15) is 12.8 Å². The Hall–Kier alpha value is -1.60. The maximum atomic E-state index is 6.49. The van der Waals surface area contributed by atoms with Gasteiger partial charge in [-0.2, -0.15) is 0 Å². The van der Waals surface area contributed by atoms with Crippen LogP contribution in [-0.4, -0.2) is 12.2 Å². The summed E-state index contributed by atoms with van der Waals surface area (Å²) in [6.07, 6.45) is 29.8. The van der Waals surface area contributed by atoms with E-state index in [4.69, 9.17) is 4.74 Å². The molecule has 3 aliphatic carbocycles. The Labute approximate surface area is 127 Å². The fourth-order valence-corrected chi connectivity index (χ4v) is 4.00. The SMILES string of the molecule is C1=CC(C2C[C@@H](C3C=CC=C3)O[C@H](C3C=CC=C3)C2)C=C1. The van der Waals surface area contributed by atoms with Gasteiger partial charge in [-0.1, -0.05) is 72.9 Å². The molecule has 0 spiro atoms. The molecule has 4 aliphatic rings. The van der Waals surface area contributed by atoms with E-state index in [0.29, 0.717) is 35.9 Å². The molecule has 0 unspecified atom stereocenters. The molecule has 0 bridgehead atoms. The zero-order chi connectivity index (χ0) is 14.1. The van der Waals surface area contributed by atoms with Gasteiger partial charge < -0.3 is 4.74 Å². The largest absolute Gasteiger partial charge is 0.373 e. The fraction of sp³-hybridized carbons (Fsp3) is 0.400. The van der Waals surface area contributed by atoms with Crippen molar-refractivity contribution >= 4 is 0 Å². The molecule has 4 rings (SSSR count). The summed E-state index contributed by atoms with van der Waals surface area (Å²) in [5.41, 5.74) is 0. The molecule has 0 aromatic heterocycles. The van der Waals surface area contributed by atoms with E-state index < -0.39 is 0 Å². The van der Waals surface area contributed by atoms with Gasteiger partial charge in [-0.3, -0.25) is 0 Å². The van der Waals surface area contributed by atoms with Crippen molar-refractivity contribution < 1.29 is 4.74 Å². The van der Waals surface area contributed by atoms with Gasteiger partial charge in [0.1, 0.15) is 0 Å². The molecule has 1 heterocycles. The van der Waals surface area contributed by atoms with Gasteiger partial charge in [0.2, 0.25) is 0 Å². The minimum absolute atomic E-state index is 0.327. The molecule has 108 valence electrons. The summed E-state index contributed by atoms with van der Waals surface area (Å²) in [7, 11) is 0. The maximum absolute atomic E-state index is 6.49. The van der Waals surface area contributed by atoms with Crippen molar-refractivity contribution in [3.63, 3.8) is 0 Å². The van der Waals surface area contributed by atoms with Gasteiger partial charge in [-0.05, 0) is 24.7 Å². The van der Waals surface area contributed by atoms with E-state index in [-0.39, 0.29) is 0 Å². The van der Waals surface area contributed by atoms with Crippen LogP contribution in [0.2, 0.25) is 0 Å². The first-order valence-electron chi connectivity index (χ1n) is 8.10. The van der Waals surface area contributed by atoms with E-state index in [1.54, 1.807) is 0 Å². The predicted octanol–water partition coefficient (Wildman–Crippen LogP) is 4.38.